The summed E-state index contributed by atoms with van der Waals surface area (Å²) in [6.45, 7) is 6.40. The van der Waals surface area contributed by atoms with E-state index in [0.717, 1.165) is 34.1 Å². The number of nitrogens with zero attached hydrogens (tertiary/aromatic N) is 3. The quantitative estimate of drug-likeness (QED) is 0.458. The van der Waals surface area contributed by atoms with Crippen LogP contribution in [-0.2, 0) is 4.79 Å². The van der Waals surface area contributed by atoms with E-state index in [1.165, 1.54) is 23.9 Å². The Labute approximate surface area is 191 Å². The fourth-order valence-electron chi connectivity index (χ4n) is 3.72. The van der Waals surface area contributed by atoms with Crippen LogP contribution in [0.4, 0.5) is 10.1 Å². The SMILES string of the molecule is CCN1C(=O)/C(=C\c2cc(C)n(-c3cccc(F)c3)c2C)SC1=Nc1ccc(OC)cc1. The third kappa shape index (κ3) is 4.21. The van der Waals surface area contributed by atoms with Crippen LogP contribution in [0.15, 0.2) is 64.5 Å². The maximum atomic E-state index is 13.7. The molecule has 2 heterocycles. The van der Waals surface area contributed by atoms with E-state index in [1.807, 2.05) is 67.8 Å². The molecule has 32 heavy (non-hydrogen) atoms. The molecular formula is C25H24FN3O2S. The van der Waals surface area contributed by atoms with Crippen LogP contribution >= 0.6 is 11.8 Å². The number of aryl methyl sites for hydroxylation is 1. The molecule has 1 amide bonds. The number of amidine groups is 1. The highest BCUT2D eigenvalue weighted by molar-refractivity contribution is 8.18. The molecule has 7 heteroatoms. The molecule has 1 aromatic heterocycles. The van der Waals surface area contributed by atoms with E-state index in [2.05, 4.69) is 4.99 Å². The number of aromatic nitrogens is 1. The van der Waals surface area contributed by atoms with Gasteiger partial charge in [-0.3, -0.25) is 9.69 Å². The first-order valence-corrected chi connectivity index (χ1v) is 11.1. The molecule has 3 aromatic rings. The average Bonchev–Trinajstić information content (AvgIpc) is 3.23. The van der Waals surface area contributed by atoms with Crippen molar-refractivity contribution in [3.05, 3.63) is 82.3 Å². The maximum absolute atomic E-state index is 13.7. The number of rotatable bonds is 5. The summed E-state index contributed by atoms with van der Waals surface area (Å²) in [4.78, 5) is 20.0. The minimum Gasteiger partial charge on any atom is -0.497 e. The number of benzene rings is 2. The van der Waals surface area contributed by atoms with Crippen LogP contribution < -0.4 is 4.74 Å². The highest BCUT2D eigenvalue weighted by Gasteiger charge is 2.32. The fourth-order valence-corrected chi connectivity index (χ4v) is 4.78. The van der Waals surface area contributed by atoms with Gasteiger partial charge in [-0.15, -0.1) is 0 Å². The normalized spacial score (nSPS) is 16.4. The number of thioether (sulfide) groups is 1. The Balaban J connectivity index is 1.68. The number of hydrogen-bond donors (Lipinski definition) is 0. The first-order chi connectivity index (χ1) is 15.4. The number of amides is 1. The standard InChI is InChI=1S/C25H24FN3O2S/c1-5-28-24(30)23(32-25(28)27-20-9-11-22(31-4)12-10-20)14-18-13-16(2)29(17(18)3)21-8-6-7-19(26)15-21/h6-15H,5H2,1-4H3/b23-14+,27-25?. The molecule has 0 saturated carbocycles. The number of likely N-dealkylation sites (N-methyl/N-ethyl adjacent to an activating group) is 1. The molecule has 5 nitrogen and oxygen atoms in total. The van der Waals surface area contributed by atoms with E-state index in [4.69, 9.17) is 4.74 Å². The highest BCUT2D eigenvalue weighted by Crippen LogP contribution is 2.35. The number of ether oxygens (including phenoxy) is 1. The molecule has 0 spiro atoms. The fraction of sp³-hybridized carbons (Fsp3) is 0.200. The Bertz CT molecular complexity index is 1230. The predicted molar refractivity (Wildman–Crippen MR) is 128 cm³/mol. The van der Waals surface area contributed by atoms with Crippen molar-refractivity contribution in [3.8, 4) is 11.4 Å². The second-order valence-corrected chi connectivity index (χ2v) is 8.40. The zero-order chi connectivity index (χ0) is 22.8. The first-order valence-electron chi connectivity index (χ1n) is 10.3. The number of carbonyl (C=O) groups excluding carboxylic acids is 1. The van der Waals surface area contributed by atoms with E-state index in [0.29, 0.717) is 16.6 Å². The molecule has 1 aliphatic rings. The van der Waals surface area contributed by atoms with Gasteiger partial charge in [-0.2, -0.15) is 0 Å². The second kappa shape index (κ2) is 9.04. The number of aliphatic imine (C=N–C) groups is 1. The largest absolute Gasteiger partial charge is 0.497 e. The summed E-state index contributed by atoms with van der Waals surface area (Å²) >= 11 is 1.36. The van der Waals surface area contributed by atoms with Crippen LogP contribution in [0.2, 0.25) is 0 Å². The van der Waals surface area contributed by atoms with Gasteiger partial charge in [-0.1, -0.05) is 6.07 Å². The van der Waals surface area contributed by atoms with Crippen LogP contribution in [-0.4, -0.2) is 34.2 Å². The van der Waals surface area contributed by atoms with Crippen molar-refractivity contribution in [2.45, 2.75) is 20.8 Å². The van der Waals surface area contributed by atoms with Gasteiger partial charge in [-0.05, 0) is 92.7 Å². The Morgan fingerprint density at radius 2 is 1.88 bits per heavy atom. The summed E-state index contributed by atoms with van der Waals surface area (Å²) in [5, 5.41) is 0.646. The van der Waals surface area contributed by atoms with E-state index >= 15 is 0 Å². The summed E-state index contributed by atoms with van der Waals surface area (Å²) < 4.78 is 20.9. The third-order valence-corrected chi connectivity index (χ3v) is 6.33. The van der Waals surface area contributed by atoms with Crippen LogP contribution in [0.3, 0.4) is 0 Å². The van der Waals surface area contributed by atoms with Gasteiger partial charge in [0, 0.05) is 23.6 Å². The number of halogens is 1. The molecule has 0 N–H and O–H groups in total. The van der Waals surface area contributed by atoms with Gasteiger partial charge in [0.2, 0.25) is 0 Å². The van der Waals surface area contributed by atoms with Gasteiger partial charge in [0.25, 0.3) is 5.91 Å². The monoisotopic (exact) mass is 449 g/mol. The van der Waals surface area contributed by atoms with Crippen LogP contribution in [0.25, 0.3) is 11.8 Å². The van der Waals surface area contributed by atoms with Crippen molar-refractivity contribution in [2.75, 3.05) is 13.7 Å². The van der Waals surface area contributed by atoms with Gasteiger partial charge in [0.15, 0.2) is 5.17 Å². The Morgan fingerprint density at radius 1 is 1.12 bits per heavy atom. The van der Waals surface area contributed by atoms with Crippen LogP contribution in [0.1, 0.15) is 23.9 Å². The summed E-state index contributed by atoms with van der Waals surface area (Å²) in [7, 11) is 1.62. The third-order valence-electron chi connectivity index (χ3n) is 5.32. The average molecular weight is 450 g/mol. The van der Waals surface area contributed by atoms with Crippen molar-refractivity contribution in [1.82, 2.24) is 9.47 Å². The molecule has 0 radical (unpaired) electrons. The molecule has 0 aliphatic carbocycles. The Hall–Kier alpha value is -3.32. The second-order valence-electron chi connectivity index (χ2n) is 7.39. The summed E-state index contributed by atoms with van der Waals surface area (Å²) in [5.74, 6) is 0.403. The lowest BCUT2D eigenvalue weighted by atomic mass is 10.2. The number of carbonyl (C=O) groups is 1. The van der Waals surface area contributed by atoms with Crippen molar-refractivity contribution >= 4 is 34.6 Å². The first kappa shape index (κ1) is 21.9. The predicted octanol–water partition coefficient (Wildman–Crippen LogP) is 5.87. The summed E-state index contributed by atoms with van der Waals surface area (Å²) in [5.41, 5.74) is 4.34. The molecular weight excluding hydrogens is 425 g/mol. The molecule has 164 valence electrons. The molecule has 4 rings (SSSR count). The van der Waals surface area contributed by atoms with Crippen LogP contribution in [0.5, 0.6) is 5.75 Å². The molecule has 1 saturated heterocycles. The van der Waals surface area contributed by atoms with Crippen molar-refractivity contribution in [3.63, 3.8) is 0 Å². The molecule has 2 aromatic carbocycles. The van der Waals surface area contributed by atoms with Gasteiger partial charge < -0.3 is 9.30 Å². The van der Waals surface area contributed by atoms with Crippen molar-refractivity contribution in [2.24, 2.45) is 4.99 Å². The highest BCUT2D eigenvalue weighted by atomic mass is 32.2. The van der Waals surface area contributed by atoms with Gasteiger partial charge in [0.1, 0.15) is 11.6 Å². The molecule has 1 aliphatic heterocycles. The topological polar surface area (TPSA) is 46.8 Å². The molecule has 0 unspecified atom stereocenters. The molecule has 0 bridgehead atoms. The molecule has 1 fully saturated rings. The van der Waals surface area contributed by atoms with Crippen molar-refractivity contribution in [1.29, 1.82) is 0 Å². The number of methoxy groups -OCH3 is 1. The summed E-state index contributed by atoms with van der Waals surface area (Å²) in [6, 6.07) is 15.9. The van der Waals surface area contributed by atoms with Gasteiger partial charge in [0.05, 0.1) is 17.7 Å². The van der Waals surface area contributed by atoms with E-state index in [9.17, 15) is 9.18 Å². The van der Waals surface area contributed by atoms with E-state index < -0.39 is 0 Å². The van der Waals surface area contributed by atoms with Gasteiger partial charge >= 0.3 is 0 Å². The Kier molecular flexibility index (Phi) is 6.19. The molecule has 0 atom stereocenters. The smallest absolute Gasteiger partial charge is 0.266 e. The van der Waals surface area contributed by atoms with Crippen molar-refractivity contribution < 1.29 is 13.9 Å². The minimum absolute atomic E-state index is 0.0691. The maximum Gasteiger partial charge on any atom is 0.266 e. The van der Waals surface area contributed by atoms with Gasteiger partial charge in [-0.25, -0.2) is 9.38 Å². The lowest BCUT2D eigenvalue weighted by molar-refractivity contribution is -0.122. The van der Waals surface area contributed by atoms with E-state index in [1.54, 1.807) is 18.1 Å². The number of hydrogen-bond acceptors (Lipinski definition) is 4. The lowest BCUT2D eigenvalue weighted by Crippen LogP contribution is -2.28. The summed E-state index contributed by atoms with van der Waals surface area (Å²) in [6.07, 6.45) is 1.89. The van der Waals surface area contributed by atoms with Crippen LogP contribution in [0, 0.1) is 19.7 Å². The Morgan fingerprint density at radius 3 is 2.53 bits per heavy atom. The minimum atomic E-state index is -0.283. The van der Waals surface area contributed by atoms with E-state index in [-0.39, 0.29) is 11.7 Å². The zero-order valence-corrected chi connectivity index (χ0v) is 19.2. The lowest BCUT2D eigenvalue weighted by Gasteiger charge is -2.12. The zero-order valence-electron chi connectivity index (χ0n) is 18.4.